The summed E-state index contributed by atoms with van der Waals surface area (Å²) in [6, 6.07) is 9.69. The lowest BCUT2D eigenvalue weighted by atomic mass is 10.1. The zero-order chi connectivity index (χ0) is 13.8. The molecule has 101 valence electrons. The Bertz CT molecular complexity index is 544. The fourth-order valence-electron chi connectivity index (χ4n) is 1.51. The van der Waals surface area contributed by atoms with Crippen molar-refractivity contribution in [2.75, 3.05) is 0 Å². The molecule has 1 aromatic rings. The van der Waals surface area contributed by atoms with Crippen molar-refractivity contribution in [3.8, 4) is 0 Å². The largest absolute Gasteiger partial charge is 0.284 e. The van der Waals surface area contributed by atoms with Gasteiger partial charge in [0.15, 0.2) is 0 Å². The summed E-state index contributed by atoms with van der Waals surface area (Å²) in [5, 5.41) is 0. The van der Waals surface area contributed by atoms with Crippen LogP contribution in [0.25, 0.3) is 0 Å². The smallest absolute Gasteiger partial charge is 0.284 e. The van der Waals surface area contributed by atoms with E-state index in [4.69, 9.17) is 9.11 Å². The van der Waals surface area contributed by atoms with Gasteiger partial charge in [-0.25, -0.2) is 0 Å². The Morgan fingerprint density at radius 2 is 1.56 bits per heavy atom. The highest BCUT2D eigenvalue weighted by atomic mass is 32.3. The molecule has 0 saturated carbocycles. The van der Waals surface area contributed by atoms with E-state index in [0.717, 1.165) is 5.56 Å². The molecule has 0 atom stereocenters. The average Bonchev–Trinajstić information content (AvgIpc) is 2.22. The van der Waals surface area contributed by atoms with E-state index in [2.05, 4.69) is 6.07 Å². The Hall–Kier alpha value is -0.960. The molecule has 0 heterocycles. The third-order valence-electron chi connectivity index (χ3n) is 2.36. The second-order valence-corrected chi connectivity index (χ2v) is 7.26. The summed E-state index contributed by atoms with van der Waals surface area (Å²) in [4.78, 5) is 0. The van der Waals surface area contributed by atoms with Crippen molar-refractivity contribution in [3.63, 3.8) is 0 Å². The minimum Gasteiger partial charge on any atom is -0.284 e. The molecule has 18 heavy (non-hydrogen) atoms. The molecule has 6 nitrogen and oxygen atoms in total. The summed E-state index contributed by atoms with van der Waals surface area (Å²) in [7, 11) is -9.64. The molecular weight excluding hydrogens is 280 g/mol. The van der Waals surface area contributed by atoms with Crippen LogP contribution in [0, 0.1) is 6.07 Å². The molecule has 0 fully saturated rings. The minimum atomic E-state index is -4.82. The third-order valence-corrected chi connectivity index (χ3v) is 5.62. The van der Waals surface area contributed by atoms with Crippen molar-refractivity contribution in [1.29, 1.82) is 0 Å². The Kier molecular flexibility index (Phi) is 4.85. The van der Waals surface area contributed by atoms with Gasteiger partial charge < -0.3 is 0 Å². The molecule has 0 unspecified atom stereocenters. The first-order valence-electron chi connectivity index (χ1n) is 5.09. The molecule has 1 aromatic carbocycles. The third kappa shape index (κ3) is 4.73. The second-order valence-electron chi connectivity index (χ2n) is 3.76. The van der Waals surface area contributed by atoms with Crippen LogP contribution in [0.3, 0.4) is 0 Å². The Morgan fingerprint density at radius 1 is 1.06 bits per heavy atom. The van der Waals surface area contributed by atoms with Crippen LogP contribution >= 0.6 is 0 Å². The molecule has 0 aliphatic carbocycles. The normalized spacial score (nSPS) is 12.8. The number of hydrogen-bond donors (Lipinski definition) is 2. The van der Waals surface area contributed by atoms with Crippen molar-refractivity contribution >= 4 is 20.2 Å². The average molecular weight is 293 g/mol. The topological polar surface area (TPSA) is 109 Å². The van der Waals surface area contributed by atoms with Crippen LogP contribution in [0.1, 0.15) is 18.4 Å². The maximum Gasteiger partial charge on any atom is 0.284 e. The van der Waals surface area contributed by atoms with Crippen molar-refractivity contribution in [3.05, 3.63) is 35.9 Å². The predicted molar refractivity (Wildman–Crippen MR) is 65.1 cm³/mol. The number of benzene rings is 1. The van der Waals surface area contributed by atoms with Crippen LogP contribution < -0.4 is 0 Å². The summed E-state index contributed by atoms with van der Waals surface area (Å²) in [6.07, 6.45) is 0.279. The molecule has 1 radical (unpaired) electrons. The highest BCUT2D eigenvalue weighted by molar-refractivity contribution is 8.03. The van der Waals surface area contributed by atoms with Crippen LogP contribution in [0.15, 0.2) is 24.3 Å². The van der Waals surface area contributed by atoms with Crippen LogP contribution in [0.4, 0.5) is 0 Å². The number of aryl methyl sites for hydroxylation is 1. The Labute approximate surface area is 106 Å². The molecule has 0 aliphatic heterocycles. The molecular formula is C10H13O6S2. The lowest BCUT2D eigenvalue weighted by Gasteiger charge is -2.10. The monoisotopic (exact) mass is 293 g/mol. The molecule has 2 N–H and O–H groups in total. The summed E-state index contributed by atoms with van der Waals surface area (Å²) in [5.74, 6) is 0. The number of rotatable bonds is 6. The van der Waals surface area contributed by atoms with Gasteiger partial charge >= 0.3 is 0 Å². The predicted octanol–water partition coefficient (Wildman–Crippen LogP) is 0.911. The standard InChI is InChI=1S/C10H13O6S2/c11-17(12,13)10(18(14,15)16)8-4-7-9-5-2-1-3-6-9/h2-3,5-6,10H,4,7-8H2,(H,11,12,13)(H,14,15,16). The SMILES string of the molecule is O=S(=O)(O)C(CCCc1cc[c]cc1)S(=O)(=O)O. The van der Waals surface area contributed by atoms with Gasteiger partial charge in [0.25, 0.3) is 20.2 Å². The van der Waals surface area contributed by atoms with Gasteiger partial charge in [-0.15, -0.1) is 0 Å². The quantitative estimate of drug-likeness (QED) is 0.755. The lowest BCUT2D eigenvalue weighted by molar-refractivity contribution is 0.448. The van der Waals surface area contributed by atoms with Crippen LogP contribution in [-0.4, -0.2) is 30.5 Å². The molecule has 0 spiro atoms. The highest BCUT2D eigenvalue weighted by Crippen LogP contribution is 2.15. The fourth-order valence-corrected chi connectivity index (χ4v) is 3.67. The summed E-state index contributed by atoms with van der Waals surface area (Å²) >= 11 is 0. The Balaban J connectivity index is 2.66. The van der Waals surface area contributed by atoms with Gasteiger partial charge in [-0.2, -0.15) is 16.8 Å². The van der Waals surface area contributed by atoms with Gasteiger partial charge in [0.2, 0.25) is 4.58 Å². The zero-order valence-electron chi connectivity index (χ0n) is 9.35. The van der Waals surface area contributed by atoms with Crippen LogP contribution in [0.5, 0.6) is 0 Å². The molecule has 0 aliphatic rings. The molecule has 1 rings (SSSR count). The van der Waals surface area contributed by atoms with Crippen molar-refractivity contribution in [2.24, 2.45) is 0 Å². The maximum atomic E-state index is 10.8. The van der Waals surface area contributed by atoms with Gasteiger partial charge in [-0.05, 0) is 30.9 Å². The van der Waals surface area contributed by atoms with E-state index < -0.39 is 24.8 Å². The zero-order valence-corrected chi connectivity index (χ0v) is 11.0. The van der Waals surface area contributed by atoms with Gasteiger partial charge in [-0.3, -0.25) is 9.11 Å². The van der Waals surface area contributed by atoms with Crippen molar-refractivity contribution in [1.82, 2.24) is 0 Å². The van der Waals surface area contributed by atoms with Gasteiger partial charge in [0.1, 0.15) is 0 Å². The van der Waals surface area contributed by atoms with Crippen LogP contribution in [-0.2, 0) is 26.7 Å². The molecule has 0 aromatic heterocycles. The van der Waals surface area contributed by atoms with E-state index in [9.17, 15) is 16.8 Å². The van der Waals surface area contributed by atoms with Gasteiger partial charge in [-0.1, -0.05) is 24.3 Å². The molecule has 0 amide bonds. The van der Waals surface area contributed by atoms with E-state index in [0.29, 0.717) is 6.42 Å². The molecule has 8 heteroatoms. The minimum absolute atomic E-state index is 0.203. The first-order valence-corrected chi connectivity index (χ1v) is 8.09. The first kappa shape index (κ1) is 15.1. The van der Waals surface area contributed by atoms with E-state index >= 15 is 0 Å². The van der Waals surface area contributed by atoms with Crippen molar-refractivity contribution < 1.29 is 25.9 Å². The summed E-state index contributed by atoms with van der Waals surface area (Å²) < 4.78 is 58.6. The van der Waals surface area contributed by atoms with Gasteiger partial charge in [0.05, 0.1) is 0 Å². The highest BCUT2D eigenvalue weighted by Gasteiger charge is 2.34. The van der Waals surface area contributed by atoms with E-state index in [-0.39, 0.29) is 12.8 Å². The summed E-state index contributed by atoms with van der Waals surface area (Å²) in [6.45, 7) is 0. The molecule has 0 bridgehead atoms. The van der Waals surface area contributed by atoms with Gasteiger partial charge in [0, 0.05) is 0 Å². The fraction of sp³-hybridized carbons (Fsp3) is 0.400. The lowest BCUT2D eigenvalue weighted by Crippen LogP contribution is -2.29. The second kappa shape index (κ2) is 5.79. The molecule has 0 saturated heterocycles. The van der Waals surface area contributed by atoms with E-state index in [1.807, 2.05) is 0 Å². The van der Waals surface area contributed by atoms with Crippen molar-refractivity contribution in [2.45, 2.75) is 23.8 Å². The number of hydrogen-bond acceptors (Lipinski definition) is 4. The van der Waals surface area contributed by atoms with E-state index in [1.165, 1.54) is 0 Å². The first-order chi connectivity index (χ1) is 8.21. The van der Waals surface area contributed by atoms with E-state index in [1.54, 1.807) is 24.3 Å². The summed E-state index contributed by atoms with van der Waals surface area (Å²) in [5.41, 5.74) is 0.887. The van der Waals surface area contributed by atoms with Crippen LogP contribution in [0.2, 0.25) is 0 Å². The maximum absolute atomic E-state index is 10.8. The Morgan fingerprint density at radius 3 is 2.00 bits per heavy atom.